The fraction of sp³-hybridized carbons (Fsp3) is 0.130. The summed E-state index contributed by atoms with van der Waals surface area (Å²) < 4.78 is 0. The molecular formula is C23H20N2O. The number of hydrogen-bond acceptors (Lipinski definition) is 2. The van der Waals surface area contributed by atoms with Crippen molar-refractivity contribution >= 4 is 11.6 Å². The minimum Gasteiger partial charge on any atom is -0.267 e. The first-order valence-electron chi connectivity index (χ1n) is 8.92. The normalized spacial score (nSPS) is 14.7. The molecule has 128 valence electrons. The zero-order valence-corrected chi connectivity index (χ0v) is 14.5. The molecule has 1 aliphatic rings. The number of amides is 1. The molecule has 0 heterocycles. The van der Waals surface area contributed by atoms with Crippen molar-refractivity contribution in [3.8, 4) is 11.1 Å². The second kappa shape index (κ2) is 7.36. The van der Waals surface area contributed by atoms with E-state index in [0.717, 1.165) is 41.7 Å². The third-order valence-electron chi connectivity index (χ3n) is 4.73. The molecule has 3 nitrogen and oxygen atoms in total. The molecule has 26 heavy (non-hydrogen) atoms. The van der Waals surface area contributed by atoms with Gasteiger partial charge in [-0.3, -0.25) is 4.79 Å². The number of hydrazone groups is 1. The van der Waals surface area contributed by atoms with Crippen LogP contribution >= 0.6 is 0 Å². The zero-order valence-electron chi connectivity index (χ0n) is 14.5. The van der Waals surface area contributed by atoms with Crippen molar-refractivity contribution in [2.45, 2.75) is 19.3 Å². The highest BCUT2D eigenvalue weighted by atomic mass is 16.2. The van der Waals surface area contributed by atoms with Crippen LogP contribution < -0.4 is 5.43 Å². The van der Waals surface area contributed by atoms with Gasteiger partial charge in [0.05, 0.1) is 5.71 Å². The molecule has 0 bridgehead atoms. The third-order valence-corrected chi connectivity index (χ3v) is 4.73. The topological polar surface area (TPSA) is 41.5 Å². The monoisotopic (exact) mass is 340 g/mol. The highest BCUT2D eigenvalue weighted by Gasteiger charge is 2.15. The van der Waals surface area contributed by atoms with Crippen molar-refractivity contribution in [3.63, 3.8) is 0 Å². The van der Waals surface area contributed by atoms with Crippen molar-refractivity contribution in [3.05, 3.63) is 95.6 Å². The van der Waals surface area contributed by atoms with Crippen LogP contribution in [0.4, 0.5) is 0 Å². The Hall–Kier alpha value is -3.20. The smallest absolute Gasteiger partial charge is 0.267 e. The predicted molar refractivity (Wildman–Crippen MR) is 105 cm³/mol. The quantitative estimate of drug-likeness (QED) is 0.682. The molecule has 0 radical (unpaired) electrons. The molecule has 1 amide bonds. The summed E-state index contributed by atoms with van der Waals surface area (Å²) in [5, 5.41) is 4.40. The van der Waals surface area contributed by atoms with E-state index in [1.165, 1.54) is 5.56 Å². The number of benzene rings is 3. The summed E-state index contributed by atoms with van der Waals surface area (Å²) in [6.07, 6.45) is 3.03. The van der Waals surface area contributed by atoms with Crippen molar-refractivity contribution in [1.29, 1.82) is 0 Å². The highest BCUT2D eigenvalue weighted by molar-refractivity contribution is 6.04. The van der Waals surface area contributed by atoms with E-state index in [-0.39, 0.29) is 5.91 Å². The van der Waals surface area contributed by atoms with Gasteiger partial charge in [0.25, 0.3) is 5.91 Å². The second-order valence-corrected chi connectivity index (χ2v) is 6.45. The van der Waals surface area contributed by atoms with Crippen molar-refractivity contribution < 1.29 is 4.79 Å². The van der Waals surface area contributed by atoms with Crippen LogP contribution in [0.5, 0.6) is 0 Å². The Morgan fingerprint density at radius 1 is 0.769 bits per heavy atom. The van der Waals surface area contributed by atoms with Crippen LogP contribution in [0.25, 0.3) is 11.1 Å². The van der Waals surface area contributed by atoms with Gasteiger partial charge < -0.3 is 0 Å². The standard InChI is InChI=1S/C23H20N2O/c26-23(20-15-13-18(14-16-20)17-7-2-1-3-8-17)25-24-22-12-6-10-19-9-4-5-11-21(19)22/h1-5,7-9,11,13-16H,6,10,12H2,(H,25,26). The van der Waals surface area contributed by atoms with Crippen LogP contribution in [-0.2, 0) is 6.42 Å². The molecule has 4 rings (SSSR count). The van der Waals surface area contributed by atoms with Crippen molar-refractivity contribution in [2.75, 3.05) is 0 Å². The predicted octanol–water partition coefficient (Wildman–Crippen LogP) is 4.82. The lowest BCUT2D eigenvalue weighted by atomic mass is 9.90. The number of rotatable bonds is 3. The first-order valence-corrected chi connectivity index (χ1v) is 8.92. The number of aryl methyl sites for hydroxylation is 1. The Kier molecular flexibility index (Phi) is 4.61. The van der Waals surface area contributed by atoms with Gasteiger partial charge in [0.15, 0.2) is 0 Å². The minimum atomic E-state index is -0.180. The molecule has 0 saturated heterocycles. The maximum atomic E-state index is 12.4. The van der Waals surface area contributed by atoms with E-state index in [0.29, 0.717) is 5.56 Å². The molecule has 3 heteroatoms. The molecular weight excluding hydrogens is 320 g/mol. The lowest BCUT2D eigenvalue weighted by molar-refractivity contribution is 0.0955. The first kappa shape index (κ1) is 16.3. The number of carbonyl (C=O) groups excluding carboxylic acids is 1. The largest absolute Gasteiger partial charge is 0.271 e. The van der Waals surface area contributed by atoms with Gasteiger partial charge in [-0.2, -0.15) is 5.10 Å². The van der Waals surface area contributed by atoms with Crippen LogP contribution in [0, 0.1) is 0 Å². The Morgan fingerprint density at radius 2 is 1.46 bits per heavy atom. The van der Waals surface area contributed by atoms with E-state index < -0.39 is 0 Å². The number of carbonyl (C=O) groups is 1. The molecule has 1 N–H and O–H groups in total. The molecule has 0 atom stereocenters. The van der Waals surface area contributed by atoms with E-state index in [4.69, 9.17) is 0 Å². The summed E-state index contributed by atoms with van der Waals surface area (Å²) in [6.45, 7) is 0. The van der Waals surface area contributed by atoms with E-state index in [1.807, 2.05) is 48.5 Å². The van der Waals surface area contributed by atoms with E-state index in [2.05, 4.69) is 40.9 Å². The molecule has 0 fully saturated rings. The summed E-state index contributed by atoms with van der Waals surface area (Å²) in [5.41, 5.74) is 8.97. The van der Waals surface area contributed by atoms with Crippen LogP contribution in [0.3, 0.4) is 0 Å². The number of hydrogen-bond donors (Lipinski definition) is 1. The molecule has 0 aliphatic heterocycles. The van der Waals surface area contributed by atoms with E-state index >= 15 is 0 Å². The Balaban J connectivity index is 1.49. The number of fused-ring (bicyclic) bond motifs is 1. The average molecular weight is 340 g/mol. The lowest BCUT2D eigenvalue weighted by Gasteiger charge is -2.17. The summed E-state index contributed by atoms with van der Waals surface area (Å²) in [6, 6.07) is 26.0. The maximum absolute atomic E-state index is 12.4. The summed E-state index contributed by atoms with van der Waals surface area (Å²) >= 11 is 0. The third kappa shape index (κ3) is 3.42. The van der Waals surface area contributed by atoms with Gasteiger partial charge in [-0.05, 0) is 48.1 Å². The highest BCUT2D eigenvalue weighted by Crippen LogP contribution is 2.21. The Morgan fingerprint density at radius 3 is 2.27 bits per heavy atom. The van der Waals surface area contributed by atoms with E-state index in [1.54, 1.807) is 0 Å². The van der Waals surface area contributed by atoms with Gasteiger partial charge in [0.2, 0.25) is 0 Å². The maximum Gasteiger partial charge on any atom is 0.271 e. The fourth-order valence-electron chi connectivity index (χ4n) is 3.34. The molecule has 3 aromatic carbocycles. The summed E-state index contributed by atoms with van der Waals surface area (Å²) in [7, 11) is 0. The molecule has 0 aromatic heterocycles. The van der Waals surface area contributed by atoms with Crippen LogP contribution in [0.2, 0.25) is 0 Å². The Bertz CT molecular complexity index is 943. The van der Waals surface area contributed by atoms with E-state index in [9.17, 15) is 4.79 Å². The van der Waals surface area contributed by atoms with Crippen LogP contribution in [0.15, 0.2) is 84.0 Å². The molecule has 1 aliphatic carbocycles. The fourth-order valence-corrected chi connectivity index (χ4v) is 3.34. The molecule has 0 unspecified atom stereocenters. The summed E-state index contributed by atoms with van der Waals surface area (Å²) in [5.74, 6) is -0.180. The molecule has 0 saturated carbocycles. The second-order valence-electron chi connectivity index (χ2n) is 6.45. The van der Waals surface area contributed by atoms with Crippen LogP contribution in [-0.4, -0.2) is 11.6 Å². The molecule has 0 spiro atoms. The number of nitrogens with zero attached hydrogens (tertiary/aromatic N) is 1. The van der Waals surface area contributed by atoms with Gasteiger partial charge in [0.1, 0.15) is 0 Å². The first-order chi connectivity index (χ1) is 12.8. The van der Waals surface area contributed by atoms with Crippen LogP contribution in [0.1, 0.15) is 34.3 Å². The SMILES string of the molecule is O=C(NN=C1CCCc2ccccc21)c1ccc(-c2ccccc2)cc1. The Labute approximate surface area is 153 Å². The zero-order chi connectivity index (χ0) is 17.8. The molecule has 3 aromatic rings. The lowest BCUT2D eigenvalue weighted by Crippen LogP contribution is -2.22. The van der Waals surface area contributed by atoms with Crippen molar-refractivity contribution in [2.24, 2.45) is 5.10 Å². The minimum absolute atomic E-state index is 0.180. The summed E-state index contributed by atoms with van der Waals surface area (Å²) in [4.78, 5) is 12.4. The van der Waals surface area contributed by atoms with Gasteiger partial charge in [-0.1, -0.05) is 66.7 Å². The van der Waals surface area contributed by atoms with Gasteiger partial charge in [-0.25, -0.2) is 5.43 Å². The van der Waals surface area contributed by atoms with Gasteiger partial charge in [0, 0.05) is 11.1 Å². The number of nitrogens with one attached hydrogen (secondary N) is 1. The van der Waals surface area contributed by atoms with Gasteiger partial charge in [-0.15, -0.1) is 0 Å². The average Bonchev–Trinajstić information content (AvgIpc) is 2.73. The van der Waals surface area contributed by atoms with Gasteiger partial charge >= 0.3 is 0 Å². The van der Waals surface area contributed by atoms with Crippen molar-refractivity contribution in [1.82, 2.24) is 5.43 Å².